The molecule has 96 valence electrons. The number of carbonyl (C=O) groups excluding carboxylic acids is 1. The summed E-state index contributed by atoms with van der Waals surface area (Å²) in [5, 5.41) is 11.3. The Bertz CT molecular complexity index is 478. The molecule has 0 saturated carbocycles. The first-order valence-corrected chi connectivity index (χ1v) is 6.12. The van der Waals surface area contributed by atoms with Crippen molar-refractivity contribution in [2.45, 2.75) is 46.0 Å². The molecule has 0 fully saturated rings. The lowest BCUT2D eigenvalue weighted by atomic mass is 9.86. The summed E-state index contributed by atoms with van der Waals surface area (Å²) in [6.07, 6.45) is 0.502. The first-order valence-electron chi connectivity index (χ1n) is 6.12. The molecular weight excluding hydrogens is 224 g/mol. The number of nitrogens with zero attached hydrogens (tertiary/aromatic N) is 1. The highest BCUT2D eigenvalue weighted by atomic mass is 16.1. The molecule has 1 aromatic rings. The molecule has 0 bridgehead atoms. The summed E-state index contributed by atoms with van der Waals surface area (Å²) in [6, 6.07) is 8.03. The summed E-state index contributed by atoms with van der Waals surface area (Å²) in [5.41, 5.74) is 3.22. The molecule has 3 heteroatoms. The molecule has 0 unspecified atom stereocenters. The fourth-order valence-electron chi connectivity index (χ4n) is 1.65. The van der Waals surface area contributed by atoms with Gasteiger partial charge in [-0.05, 0) is 29.5 Å². The van der Waals surface area contributed by atoms with E-state index in [1.807, 2.05) is 25.1 Å². The van der Waals surface area contributed by atoms with E-state index in [9.17, 15) is 4.79 Å². The molecule has 1 rings (SSSR count). The molecule has 0 spiro atoms. The van der Waals surface area contributed by atoms with Gasteiger partial charge in [0.1, 0.15) is 0 Å². The van der Waals surface area contributed by atoms with Gasteiger partial charge in [-0.25, -0.2) is 0 Å². The molecule has 0 atom stereocenters. The fraction of sp³-hybridized carbons (Fsp3) is 0.467. The molecule has 0 aliphatic carbocycles. The minimum Gasteiger partial charge on any atom is -0.326 e. The Hall–Kier alpha value is -1.82. The average molecular weight is 244 g/mol. The monoisotopic (exact) mass is 244 g/mol. The van der Waals surface area contributed by atoms with Crippen molar-refractivity contribution in [1.82, 2.24) is 0 Å². The second kappa shape index (κ2) is 5.68. The largest absolute Gasteiger partial charge is 0.326 e. The van der Waals surface area contributed by atoms with Crippen molar-refractivity contribution in [3.05, 3.63) is 29.3 Å². The van der Waals surface area contributed by atoms with Crippen LogP contribution in [0.3, 0.4) is 0 Å². The van der Waals surface area contributed by atoms with Crippen molar-refractivity contribution in [1.29, 1.82) is 5.26 Å². The lowest BCUT2D eigenvalue weighted by Crippen LogP contribution is -2.14. The van der Waals surface area contributed by atoms with E-state index < -0.39 is 0 Å². The predicted octanol–water partition coefficient (Wildman–Crippen LogP) is 3.53. The number of hydrogen-bond acceptors (Lipinski definition) is 2. The molecule has 0 radical (unpaired) electrons. The van der Waals surface area contributed by atoms with Gasteiger partial charge in [0, 0.05) is 18.5 Å². The summed E-state index contributed by atoms with van der Waals surface area (Å²) < 4.78 is 0. The third-order valence-electron chi connectivity index (χ3n) is 2.83. The maximum Gasteiger partial charge on any atom is 0.225 e. The summed E-state index contributed by atoms with van der Waals surface area (Å²) in [7, 11) is 0. The van der Waals surface area contributed by atoms with Crippen molar-refractivity contribution in [3.8, 4) is 6.07 Å². The van der Waals surface area contributed by atoms with E-state index in [4.69, 9.17) is 5.26 Å². The Labute approximate surface area is 109 Å². The van der Waals surface area contributed by atoms with E-state index >= 15 is 0 Å². The summed E-state index contributed by atoms with van der Waals surface area (Å²) in [4.78, 5) is 11.5. The van der Waals surface area contributed by atoms with Gasteiger partial charge in [0.05, 0.1) is 6.07 Å². The summed E-state index contributed by atoms with van der Waals surface area (Å²) in [6.45, 7) is 8.46. The van der Waals surface area contributed by atoms with Crippen LogP contribution in [0, 0.1) is 18.3 Å². The molecule has 0 saturated heterocycles. The van der Waals surface area contributed by atoms with Crippen LogP contribution in [0.2, 0.25) is 0 Å². The number of anilines is 1. The van der Waals surface area contributed by atoms with Crippen LogP contribution >= 0.6 is 0 Å². The summed E-state index contributed by atoms with van der Waals surface area (Å²) in [5.74, 6) is -0.108. The van der Waals surface area contributed by atoms with Crippen molar-refractivity contribution < 1.29 is 4.79 Å². The van der Waals surface area contributed by atoms with E-state index in [1.54, 1.807) is 0 Å². The van der Waals surface area contributed by atoms with Gasteiger partial charge in [0.25, 0.3) is 0 Å². The highest BCUT2D eigenvalue weighted by molar-refractivity contribution is 5.91. The van der Waals surface area contributed by atoms with Crippen LogP contribution in [0.4, 0.5) is 5.69 Å². The quantitative estimate of drug-likeness (QED) is 0.884. The number of rotatable bonds is 3. The topological polar surface area (TPSA) is 52.9 Å². The minimum atomic E-state index is -0.108. The van der Waals surface area contributed by atoms with Gasteiger partial charge in [-0.2, -0.15) is 5.26 Å². The normalized spacial score (nSPS) is 10.8. The van der Waals surface area contributed by atoms with Crippen LogP contribution in [0.15, 0.2) is 18.2 Å². The van der Waals surface area contributed by atoms with Gasteiger partial charge >= 0.3 is 0 Å². The molecule has 1 amide bonds. The number of nitrogens with one attached hydrogen (secondary N) is 1. The first kappa shape index (κ1) is 14.2. The Morgan fingerprint density at radius 2 is 2.06 bits per heavy atom. The SMILES string of the molecule is Cc1cc(C(C)(C)C)ccc1NC(=O)CCC#N. The van der Waals surface area contributed by atoms with Gasteiger partial charge in [0.2, 0.25) is 5.91 Å². The zero-order valence-corrected chi connectivity index (χ0v) is 11.5. The van der Waals surface area contributed by atoms with Crippen molar-refractivity contribution in [2.75, 3.05) is 5.32 Å². The number of hydrogen-bond donors (Lipinski definition) is 1. The van der Waals surface area contributed by atoms with E-state index in [0.717, 1.165) is 11.3 Å². The van der Waals surface area contributed by atoms with Crippen LogP contribution in [0.25, 0.3) is 0 Å². The molecule has 1 N–H and O–H groups in total. The average Bonchev–Trinajstić information content (AvgIpc) is 2.27. The third-order valence-corrected chi connectivity index (χ3v) is 2.83. The smallest absolute Gasteiger partial charge is 0.225 e. The van der Waals surface area contributed by atoms with Crippen molar-refractivity contribution >= 4 is 11.6 Å². The molecule has 0 aliphatic rings. The van der Waals surface area contributed by atoms with E-state index in [-0.39, 0.29) is 24.2 Å². The Morgan fingerprint density at radius 1 is 1.39 bits per heavy atom. The number of aryl methyl sites for hydroxylation is 1. The fourth-order valence-corrected chi connectivity index (χ4v) is 1.65. The van der Waals surface area contributed by atoms with E-state index in [0.29, 0.717) is 0 Å². The summed E-state index contributed by atoms with van der Waals surface area (Å²) >= 11 is 0. The van der Waals surface area contributed by atoms with E-state index in [2.05, 4.69) is 32.2 Å². The molecule has 3 nitrogen and oxygen atoms in total. The number of amides is 1. The Balaban J connectivity index is 2.81. The molecule has 1 aromatic carbocycles. The van der Waals surface area contributed by atoms with Crippen LogP contribution in [-0.4, -0.2) is 5.91 Å². The Kier molecular flexibility index (Phi) is 4.49. The maximum absolute atomic E-state index is 11.5. The molecule has 0 aliphatic heterocycles. The zero-order chi connectivity index (χ0) is 13.8. The second-order valence-electron chi connectivity index (χ2n) is 5.49. The number of benzene rings is 1. The molecule has 0 aromatic heterocycles. The molecule has 0 heterocycles. The van der Waals surface area contributed by atoms with Crippen LogP contribution in [0.5, 0.6) is 0 Å². The third kappa shape index (κ3) is 3.89. The van der Waals surface area contributed by atoms with Crippen LogP contribution < -0.4 is 5.32 Å². The lowest BCUT2D eigenvalue weighted by Gasteiger charge is -2.20. The van der Waals surface area contributed by atoms with E-state index in [1.165, 1.54) is 5.56 Å². The van der Waals surface area contributed by atoms with Gasteiger partial charge in [-0.1, -0.05) is 32.9 Å². The van der Waals surface area contributed by atoms with Gasteiger partial charge in [-0.15, -0.1) is 0 Å². The van der Waals surface area contributed by atoms with Crippen molar-refractivity contribution in [2.24, 2.45) is 0 Å². The lowest BCUT2D eigenvalue weighted by molar-refractivity contribution is -0.116. The first-order chi connectivity index (χ1) is 8.34. The highest BCUT2D eigenvalue weighted by Crippen LogP contribution is 2.26. The van der Waals surface area contributed by atoms with Gasteiger partial charge in [-0.3, -0.25) is 4.79 Å². The molecular formula is C15H20N2O. The van der Waals surface area contributed by atoms with Crippen LogP contribution in [0.1, 0.15) is 44.7 Å². The molecule has 18 heavy (non-hydrogen) atoms. The number of carbonyl (C=O) groups is 1. The van der Waals surface area contributed by atoms with Crippen molar-refractivity contribution in [3.63, 3.8) is 0 Å². The highest BCUT2D eigenvalue weighted by Gasteiger charge is 2.14. The van der Waals surface area contributed by atoms with Gasteiger partial charge in [0.15, 0.2) is 0 Å². The predicted molar refractivity (Wildman–Crippen MR) is 73.4 cm³/mol. The van der Waals surface area contributed by atoms with Crippen LogP contribution in [-0.2, 0) is 10.2 Å². The standard InChI is InChI=1S/C15H20N2O/c1-11-10-12(15(2,3)4)7-8-13(11)17-14(18)6-5-9-16/h7-8,10H,5-6H2,1-4H3,(H,17,18). The maximum atomic E-state index is 11.5. The number of nitriles is 1. The van der Waals surface area contributed by atoms with Gasteiger partial charge < -0.3 is 5.32 Å². The Morgan fingerprint density at radius 3 is 2.56 bits per heavy atom. The minimum absolute atomic E-state index is 0.105. The second-order valence-corrected chi connectivity index (χ2v) is 5.49. The zero-order valence-electron chi connectivity index (χ0n) is 11.5.